The normalized spacial score (nSPS) is 23.1. The number of hydrogen-bond acceptors (Lipinski definition) is 2. The van der Waals surface area contributed by atoms with E-state index in [4.69, 9.17) is 5.11 Å². The predicted molar refractivity (Wildman–Crippen MR) is 75.7 cm³/mol. The van der Waals surface area contributed by atoms with Gasteiger partial charge in [-0.2, -0.15) is 0 Å². The minimum atomic E-state index is -0.755. The Morgan fingerprint density at radius 1 is 1.40 bits per heavy atom. The van der Waals surface area contributed by atoms with Gasteiger partial charge in [0.1, 0.15) is 5.69 Å². The number of aromatic nitrogens is 1. The zero-order valence-corrected chi connectivity index (χ0v) is 12.2. The van der Waals surface area contributed by atoms with Gasteiger partial charge in [0.2, 0.25) is 0 Å². The van der Waals surface area contributed by atoms with Crippen LogP contribution in [0.3, 0.4) is 0 Å². The molecule has 2 rings (SSSR count). The second-order valence-electron chi connectivity index (χ2n) is 5.80. The fraction of sp³-hybridized carbons (Fsp3) is 0.600. The van der Waals surface area contributed by atoms with Crippen molar-refractivity contribution in [3.05, 3.63) is 24.0 Å². The summed E-state index contributed by atoms with van der Waals surface area (Å²) in [5, 5.41) is 9.07. The summed E-state index contributed by atoms with van der Waals surface area (Å²) >= 11 is 0. The number of carbonyl (C=O) groups is 2. The number of carboxylic acid groups (broad SMARTS) is 1. The van der Waals surface area contributed by atoms with Gasteiger partial charge in [0, 0.05) is 24.8 Å². The smallest absolute Gasteiger partial charge is 0.306 e. The van der Waals surface area contributed by atoms with Crippen molar-refractivity contribution in [3.8, 4) is 0 Å². The van der Waals surface area contributed by atoms with Gasteiger partial charge in [0.25, 0.3) is 5.91 Å². The van der Waals surface area contributed by atoms with E-state index in [-0.39, 0.29) is 23.9 Å². The molecule has 0 aliphatic carbocycles. The largest absolute Gasteiger partial charge is 0.481 e. The van der Waals surface area contributed by atoms with E-state index >= 15 is 0 Å². The number of piperidine rings is 1. The van der Waals surface area contributed by atoms with Crippen molar-refractivity contribution in [2.45, 2.75) is 45.7 Å². The lowest BCUT2D eigenvalue weighted by molar-refractivity contribution is -0.143. The molecule has 0 bridgehead atoms. The molecule has 2 unspecified atom stereocenters. The van der Waals surface area contributed by atoms with Crippen LogP contribution in [0.4, 0.5) is 0 Å². The Morgan fingerprint density at radius 3 is 2.65 bits per heavy atom. The molecule has 1 aromatic rings. The summed E-state index contributed by atoms with van der Waals surface area (Å²) < 4.78 is 1.96. The molecule has 2 heterocycles. The van der Waals surface area contributed by atoms with Gasteiger partial charge in [-0.1, -0.05) is 0 Å². The van der Waals surface area contributed by atoms with Crippen LogP contribution in [0.15, 0.2) is 18.3 Å². The lowest BCUT2D eigenvalue weighted by Gasteiger charge is -2.36. The van der Waals surface area contributed by atoms with Crippen molar-refractivity contribution in [3.63, 3.8) is 0 Å². The highest BCUT2D eigenvalue weighted by molar-refractivity contribution is 5.93. The standard InChI is InChI=1S/C15H22N2O3/c1-10(2)16-7-4-5-13(16)14(18)17-8-6-12(15(19)20)9-11(17)3/h4-5,7,10-12H,6,8-9H2,1-3H3,(H,19,20). The molecular formula is C15H22N2O3. The van der Waals surface area contributed by atoms with E-state index in [2.05, 4.69) is 0 Å². The van der Waals surface area contributed by atoms with Crippen LogP contribution in [-0.2, 0) is 4.79 Å². The lowest BCUT2D eigenvalue weighted by atomic mass is 9.91. The van der Waals surface area contributed by atoms with Crippen LogP contribution in [0, 0.1) is 5.92 Å². The third-order valence-corrected chi connectivity index (χ3v) is 4.04. The lowest BCUT2D eigenvalue weighted by Crippen LogP contribution is -2.46. The number of carboxylic acids is 1. The first-order valence-electron chi connectivity index (χ1n) is 7.12. The molecule has 0 aromatic carbocycles. The summed E-state index contributed by atoms with van der Waals surface area (Å²) in [5.41, 5.74) is 0.681. The molecule has 1 aliphatic rings. The summed E-state index contributed by atoms with van der Waals surface area (Å²) in [5.74, 6) is -1.08. The van der Waals surface area contributed by atoms with E-state index < -0.39 is 5.97 Å². The van der Waals surface area contributed by atoms with E-state index in [1.165, 1.54) is 0 Å². The molecule has 5 heteroatoms. The zero-order chi connectivity index (χ0) is 14.9. The highest BCUT2D eigenvalue weighted by atomic mass is 16.4. The average molecular weight is 278 g/mol. The summed E-state index contributed by atoms with van der Waals surface area (Å²) in [6, 6.07) is 3.91. The summed E-state index contributed by atoms with van der Waals surface area (Å²) in [7, 11) is 0. The first-order valence-corrected chi connectivity index (χ1v) is 7.12. The summed E-state index contributed by atoms with van der Waals surface area (Å²) in [4.78, 5) is 25.5. The molecule has 1 aromatic heterocycles. The van der Waals surface area contributed by atoms with Gasteiger partial charge >= 0.3 is 5.97 Å². The second-order valence-corrected chi connectivity index (χ2v) is 5.80. The number of aliphatic carboxylic acids is 1. The van der Waals surface area contributed by atoms with Crippen LogP contribution < -0.4 is 0 Å². The molecule has 1 N–H and O–H groups in total. The van der Waals surface area contributed by atoms with Gasteiger partial charge in [-0.3, -0.25) is 9.59 Å². The van der Waals surface area contributed by atoms with Crippen molar-refractivity contribution < 1.29 is 14.7 Å². The fourth-order valence-corrected chi connectivity index (χ4v) is 2.87. The summed E-state index contributed by atoms with van der Waals surface area (Å²) in [6.45, 7) is 6.52. The van der Waals surface area contributed by atoms with Crippen LogP contribution >= 0.6 is 0 Å². The topological polar surface area (TPSA) is 62.5 Å². The van der Waals surface area contributed by atoms with Gasteiger partial charge in [0.15, 0.2) is 0 Å². The van der Waals surface area contributed by atoms with Crippen molar-refractivity contribution in [2.24, 2.45) is 5.92 Å². The monoisotopic (exact) mass is 278 g/mol. The minimum absolute atomic E-state index is 0.0000359. The number of rotatable bonds is 3. The third-order valence-electron chi connectivity index (χ3n) is 4.04. The number of amides is 1. The first-order chi connectivity index (χ1) is 9.41. The van der Waals surface area contributed by atoms with Crippen LogP contribution in [0.5, 0.6) is 0 Å². The van der Waals surface area contributed by atoms with Crippen LogP contribution in [-0.4, -0.2) is 39.0 Å². The third kappa shape index (κ3) is 2.71. The van der Waals surface area contributed by atoms with Gasteiger partial charge < -0.3 is 14.6 Å². The molecule has 1 amide bonds. The molecule has 110 valence electrons. The Bertz CT molecular complexity index is 507. The van der Waals surface area contributed by atoms with Gasteiger partial charge in [-0.05, 0) is 45.7 Å². The number of hydrogen-bond donors (Lipinski definition) is 1. The van der Waals surface area contributed by atoms with E-state index in [1.54, 1.807) is 4.90 Å². The van der Waals surface area contributed by atoms with Gasteiger partial charge in [-0.25, -0.2) is 0 Å². The molecule has 1 saturated heterocycles. The fourth-order valence-electron chi connectivity index (χ4n) is 2.87. The zero-order valence-electron chi connectivity index (χ0n) is 12.2. The maximum absolute atomic E-state index is 12.6. The molecule has 20 heavy (non-hydrogen) atoms. The first kappa shape index (κ1) is 14.6. The van der Waals surface area contributed by atoms with Crippen molar-refractivity contribution in [1.82, 2.24) is 9.47 Å². The van der Waals surface area contributed by atoms with E-state index in [0.29, 0.717) is 25.1 Å². The van der Waals surface area contributed by atoms with E-state index in [1.807, 2.05) is 43.7 Å². The number of nitrogens with zero attached hydrogens (tertiary/aromatic N) is 2. The highest BCUT2D eigenvalue weighted by Gasteiger charge is 2.33. The molecule has 1 fully saturated rings. The van der Waals surface area contributed by atoms with Crippen molar-refractivity contribution in [1.29, 1.82) is 0 Å². The second kappa shape index (κ2) is 5.69. The molecule has 0 radical (unpaired) electrons. The van der Waals surface area contributed by atoms with Crippen molar-refractivity contribution >= 4 is 11.9 Å². The molecule has 0 spiro atoms. The number of carbonyl (C=O) groups excluding carboxylic acids is 1. The molecular weight excluding hydrogens is 256 g/mol. The van der Waals surface area contributed by atoms with Crippen LogP contribution in [0.25, 0.3) is 0 Å². The Kier molecular flexibility index (Phi) is 4.16. The SMILES string of the molecule is CC1CC(C(=O)O)CCN1C(=O)c1cccn1C(C)C. The quantitative estimate of drug-likeness (QED) is 0.923. The van der Waals surface area contributed by atoms with Crippen LogP contribution in [0.2, 0.25) is 0 Å². The Morgan fingerprint density at radius 2 is 2.10 bits per heavy atom. The van der Waals surface area contributed by atoms with Gasteiger partial charge in [-0.15, -0.1) is 0 Å². The average Bonchev–Trinajstić information content (AvgIpc) is 2.87. The van der Waals surface area contributed by atoms with E-state index in [0.717, 1.165) is 0 Å². The number of likely N-dealkylation sites (tertiary alicyclic amines) is 1. The molecule has 2 atom stereocenters. The Labute approximate surface area is 119 Å². The molecule has 0 saturated carbocycles. The molecule has 1 aliphatic heterocycles. The van der Waals surface area contributed by atoms with Crippen molar-refractivity contribution in [2.75, 3.05) is 6.54 Å². The maximum Gasteiger partial charge on any atom is 0.306 e. The predicted octanol–water partition coefficient (Wildman–Crippen LogP) is 2.39. The summed E-state index contributed by atoms with van der Waals surface area (Å²) in [6.07, 6.45) is 2.98. The van der Waals surface area contributed by atoms with Crippen LogP contribution in [0.1, 0.15) is 50.1 Å². The van der Waals surface area contributed by atoms with E-state index in [9.17, 15) is 9.59 Å². The Hall–Kier alpha value is -1.78. The molecule has 5 nitrogen and oxygen atoms in total. The maximum atomic E-state index is 12.6. The highest BCUT2D eigenvalue weighted by Crippen LogP contribution is 2.25. The Balaban J connectivity index is 2.14. The minimum Gasteiger partial charge on any atom is -0.481 e. The van der Waals surface area contributed by atoms with Gasteiger partial charge in [0.05, 0.1) is 5.92 Å².